The van der Waals surface area contributed by atoms with Crippen molar-refractivity contribution in [1.82, 2.24) is 5.32 Å². The highest BCUT2D eigenvalue weighted by Crippen LogP contribution is 2.43. The van der Waals surface area contributed by atoms with E-state index in [0.29, 0.717) is 23.9 Å². The van der Waals surface area contributed by atoms with Crippen molar-refractivity contribution in [2.75, 3.05) is 40.9 Å². The molecule has 3 N–H and O–H groups in total. The van der Waals surface area contributed by atoms with Gasteiger partial charge in [-0.2, -0.15) is 0 Å². The number of nitrogens with one attached hydrogen (secondary N) is 1. The van der Waals surface area contributed by atoms with Gasteiger partial charge in [-0.15, -0.1) is 0 Å². The average molecular weight is 1220 g/mol. The minimum absolute atomic E-state index is 0.0717. The summed E-state index contributed by atoms with van der Waals surface area (Å²) in [7, 11) is 1.62. The fourth-order valence-electron chi connectivity index (χ4n) is 10.5. The maximum Gasteiger partial charge on any atom is 0.472 e. The highest BCUT2D eigenvalue weighted by Gasteiger charge is 2.28. The molecule has 0 heterocycles. The fourth-order valence-corrected chi connectivity index (χ4v) is 11.2. The molecule has 0 bridgehead atoms. The maximum absolute atomic E-state index is 13.1. The number of amides is 1. The third kappa shape index (κ3) is 68.6. The summed E-state index contributed by atoms with van der Waals surface area (Å²) in [6.45, 7) is 4.80. The largest absolute Gasteiger partial charge is 0.472 e. The summed E-state index contributed by atoms with van der Waals surface area (Å²) in [5.41, 5.74) is 0. The number of allylic oxidation sites excluding steroid dienone is 18. The summed E-state index contributed by atoms with van der Waals surface area (Å²) in [5.74, 6) is -0.145. The van der Waals surface area contributed by atoms with E-state index in [1.807, 2.05) is 21.1 Å². The predicted molar refractivity (Wildman–Crippen MR) is 378 cm³/mol. The Morgan fingerprint density at radius 3 is 1.02 bits per heavy atom. The quantitative estimate of drug-likeness (QED) is 0.0243. The smallest absolute Gasteiger partial charge is 0.391 e. The summed E-state index contributed by atoms with van der Waals surface area (Å²) in [6, 6.07) is -0.768. The third-order valence-corrected chi connectivity index (χ3v) is 17.0. The monoisotopic (exact) mass is 1220 g/mol. The molecule has 3 atom stereocenters. The number of unbranched alkanes of at least 4 members (excludes halogenated alkanes) is 35. The van der Waals surface area contributed by atoms with Crippen LogP contribution in [-0.4, -0.2) is 73.4 Å². The number of hydrogen-bond acceptors (Lipinski definition) is 5. The van der Waals surface area contributed by atoms with E-state index in [-0.39, 0.29) is 19.1 Å². The Bertz CT molecular complexity index is 1770. The molecule has 0 aromatic carbocycles. The SMILES string of the molecule is CC/C=C\C/C=C\C/C=C\C/C=C\C/C=C\C/C=C\C/C=C\C/C=C\C/C=C\CCCCCCCCCCCCCCCC(=O)NC(COP(=O)(O)OCC[N+](C)(C)C)C(O)CCCCCCCCCCCCCCCCCCCCCCCCC. The third-order valence-electron chi connectivity index (χ3n) is 16.0. The van der Waals surface area contributed by atoms with Crippen LogP contribution < -0.4 is 5.32 Å². The number of hydrogen-bond donors (Lipinski definition) is 3. The molecule has 0 aliphatic carbocycles. The van der Waals surface area contributed by atoms with Crippen LogP contribution in [0.5, 0.6) is 0 Å². The van der Waals surface area contributed by atoms with Crippen LogP contribution in [0.15, 0.2) is 109 Å². The molecule has 498 valence electrons. The van der Waals surface area contributed by atoms with Crippen LogP contribution in [0.4, 0.5) is 0 Å². The Kier molecular flexibility index (Phi) is 64.4. The van der Waals surface area contributed by atoms with Crippen LogP contribution in [0.2, 0.25) is 0 Å². The molecule has 0 aliphatic rings. The summed E-state index contributed by atoms with van der Waals surface area (Å²) in [4.78, 5) is 23.5. The number of likely N-dealkylation sites (N-methyl/N-ethyl adjacent to an activating group) is 1. The number of nitrogens with zero attached hydrogens (tertiary/aromatic N) is 1. The summed E-state index contributed by atoms with van der Waals surface area (Å²) >= 11 is 0. The lowest BCUT2D eigenvalue weighted by Gasteiger charge is -2.26. The Morgan fingerprint density at radius 1 is 0.407 bits per heavy atom. The van der Waals surface area contributed by atoms with Gasteiger partial charge in [0.05, 0.1) is 39.9 Å². The maximum atomic E-state index is 13.1. The Hall–Kier alpha value is -2.84. The molecule has 9 heteroatoms. The van der Waals surface area contributed by atoms with E-state index in [2.05, 4.69) is 129 Å². The molecule has 0 radical (unpaired) electrons. The first-order chi connectivity index (χ1) is 42.0. The van der Waals surface area contributed by atoms with Crippen LogP contribution in [0, 0.1) is 0 Å². The van der Waals surface area contributed by atoms with Gasteiger partial charge in [-0.1, -0.05) is 342 Å². The van der Waals surface area contributed by atoms with Gasteiger partial charge in [-0.05, 0) is 83.5 Å². The van der Waals surface area contributed by atoms with E-state index in [9.17, 15) is 19.4 Å². The van der Waals surface area contributed by atoms with E-state index in [1.54, 1.807) is 0 Å². The Morgan fingerprint density at radius 2 is 0.698 bits per heavy atom. The Balaban J connectivity index is 4.03. The molecule has 86 heavy (non-hydrogen) atoms. The minimum Gasteiger partial charge on any atom is -0.391 e. The lowest BCUT2D eigenvalue weighted by atomic mass is 10.0. The van der Waals surface area contributed by atoms with Crippen molar-refractivity contribution < 1.29 is 32.9 Å². The van der Waals surface area contributed by atoms with Gasteiger partial charge in [-0.3, -0.25) is 13.8 Å². The molecule has 0 saturated carbocycles. The van der Waals surface area contributed by atoms with Crippen LogP contribution in [0.3, 0.4) is 0 Å². The van der Waals surface area contributed by atoms with Crippen molar-refractivity contribution in [3.63, 3.8) is 0 Å². The van der Waals surface area contributed by atoms with Crippen LogP contribution in [0.25, 0.3) is 0 Å². The standard InChI is InChI=1S/C77H139N2O6P/c1-6-8-10-12-14-16-18-20-22-24-26-28-30-31-32-33-34-35-36-37-38-39-40-41-42-43-44-45-46-47-49-51-53-55-57-59-61-63-65-67-69-71-77(81)78-75(74-85-86(82,83)84-73-72-79(3,4)5)76(80)70-68-66-64-62-60-58-56-54-52-50-48-29-27-25-23-21-19-17-15-13-11-9-7-2/h8,10,14,16,20,22,26,28,31-32,34-35,37-38,40-41,43-44,75-76,80H,6-7,9,11-13,15,17-19,21,23-25,27,29-30,33,36,39,42,45-74H2,1-5H3,(H-,78,81,82,83)/p+1/b10-8-,16-14-,22-20-,28-26-,32-31-,35-34-,38-37-,41-40-,44-43-. The van der Waals surface area contributed by atoms with Crippen LogP contribution in [-0.2, 0) is 18.4 Å². The fraction of sp³-hybridized carbons (Fsp3) is 0.753. The highest BCUT2D eigenvalue weighted by molar-refractivity contribution is 7.47. The van der Waals surface area contributed by atoms with Crippen LogP contribution in [0.1, 0.15) is 322 Å². The van der Waals surface area contributed by atoms with Gasteiger partial charge in [0, 0.05) is 6.42 Å². The first-order valence-electron chi connectivity index (χ1n) is 36.3. The minimum atomic E-state index is -4.34. The first-order valence-corrected chi connectivity index (χ1v) is 37.7. The molecule has 0 fully saturated rings. The number of carbonyl (C=O) groups is 1. The second-order valence-corrected chi connectivity index (χ2v) is 27.0. The number of aliphatic hydroxyl groups excluding tert-OH is 1. The summed E-state index contributed by atoms with van der Waals surface area (Å²) in [5, 5.41) is 14.2. The van der Waals surface area contributed by atoms with Gasteiger partial charge < -0.3 is 19.8 Å². The molecule has 0 spiro atoms. The lowest BCUT2D eigenvalue weighted by Crippen LogP contribution is -2.46. The predicted octanol–water partition coefficient (Wildman–Crippen LogP) is 23.4. The topological polar surface area (TPSA) is 105 Å². The number of aliphatic hydroxyl groups is 1. The van der Waals surface area contributed by atoms with Gasteiger partial charge in [0.15, 0.2) is 0 Å². The van der Waals surface area contributed by atoms with E-state index < -0.39 is 20.0 Å². The van der Waals surface area contributed by atoms with E-state index in [4.69, 9.17) is 9.05 Å². The second-order valence-electron chi connectivity index (χ2n) is 25.6. The molecule has 8 nitrogen and oxygen atoms in total. The lowest BCUT2D eigenvalue weighted by molar-refractivity contribution is -0.870. The van der Waals surface area contributed by atoms with Crippen molar-refractivity contribution in [2.24, 2.45) is 0 Å². The van der Waals surface area contributed by atoms with Crippen molar-refractivity contribution in [2.45, 2.75) is 334 Å². The van der Waals surface area contributed by atoms with Crippen molar-refractivity contribution in [3.05, 3.63) is 109 Å². The van der Waals surface area contributed by atoms with Crippen LogP contribution >= 0.6 is 7.82 Å². The summed E-state index contributed by atoms with van der Waals surface area (Å²) < 4.78 is 23.9. The van der Waals surface area contributed by atoms with Gasteiger partial charge in [0.25, 0.3) is 0 Å². The molecule has 1 amide bonds. The van der Waals surface area contributed by atoms with Crippen molar-refractivity contribution in [3.8, 4) is 0 Å². The Labute approximate surface area is 533 Å². The zero-order chi connectivity index (χ0) is 62.6. The van der Waals surface area contributed by atoms with Crippen molar-refractivity contribution in [1.29, 1.82) is 0 Å². The number of carbonyl (C=O) groups excluding carboxylic acids is 1. The molecular formula is C77H140N2O6P+. The van der Waals surface area contributed by atoms with E-state index >= 15 is 0 Å². The first kappa shape index (κ1) is 83.2. The molecule has 0 rings (SSSR count). The van der Waals surface area contributed by atoms with Gasteiger partial charge in [0.1, 0.15) is 13.2 Å². The van der Waals surface area contributed by atoms with E-state index in [0.717, 1.165) is 96.3 Å². The van der Waals surface area contributed by atoms with Gasteiger partial charge in [-0.25, -0.2) is 4.57 Å². The zero-order valence-electron chi connectivity index (χ0n) is 57.0. The molecule has 0 saturated heterocycles. The zero-order valence-corrected chi connectivity index (χ0v) is 57.9. The van der Waals surface area contributed by atoms with E-state index in [1.165, 1.54) is 199 Å². The number of quaternary nitrogens is 1. The number of phosphoric ester groups is 1. The molecule has 3 unspecified atom stereocenters. The van der Waals surface area contributed by atoms with Gasteiger partial charge in [0.2, 0.25) is 5.91 Å². The normalized spacial score (nSPS) is 14.3. The number of rotatable bonds is 66. The molecule has 0 aromatic rings. The molecule has 0 aliphatic heterocycles. The number of phosphoric acid groups is 1. The molecule has 0 aromatic heterocycles. The second kappa shape index (κ2) is 66.6. The highest BCUT2D eigenvalue weighted by atomic mass is 31.2. The van der Waals surface area contributed by atoms with Gasteiger partial charge >= 0.3 is 7.82 Å². The summed E-state index contributed by atoms with van der Waals surface area (Å²) in [6.07, 6.45) is 97.6. The molecular weight excluding hydrogens is 1080 g/mol. The van der Waals surface area contributed by atoms with Crippen molar-refractivity contribution >= 4 is 13.7 Å². The average Bonchev–Trinajstić information content (AvgIpc) is 3.70.